The lowest BCUT2D eigenvalue weighted by atomic mass is 9.76. The first-order chi connectivity index (χ1) is 7.00. The maximum absolute atomic E-state index is 11.0. The Hall–Kier alpha value is -0.810. The number of hydrogen-bond donors (Lipinski definition) is 1. The van der Waals surface area contributed by atoms with E-state index in [1.807, 2.05) is 0 Å². The molecule has 5 heteroatoms. The van der Waals surface area contributed by atoms with Crippen LogP contribution in [0.1, 0.15) is 25.7 Å². The number of allylic oxidation sites excluding steroid dienone is 4. The molecule has 2 unspecified atom stereocenters. The van der Waals surface area contributed by atoms with E-state index >= 15 is 0 Å². The molecule has 0 heterocycles. The lowest BCUT2D eigenvalue weighted by molar-refractivity contribution is 0.224. The van der Waals surface area contributed by atoms with E-state index < -0.39 is 10.1 Å². The maximum Gasteiger partial charge on any atom is 0.120 e. The summed E-state index contributed by atoms with van der Waals surface area (Å²) in [5.74, 6) is -0.249. The number of hydrogen-bond acceptors (Lipinski definition) is 4. The molecule has 0 aromatic carbocycles. The molecule has 15 heavy (non-hydrogen) atoms. The van der Waals surface area contributed by atoms with Crippen LogP contribution in [0, 0.1) is 11.8 Å². The molecule has 2 aliphatic carbocycles. The average Bonchev–Trinajstić information content (AvgIpc) is 2.17. The number of rotatable bonds is 1. The molecule has 0 aromatic rings. The molecule has 2 aliphatic rings. The summed E-state index contributed by atoms with van der Waals surface area (Å²) in [5, 5.41) is 9.61. The van der Waals surface area contributed by atoms with Gasteiger partial charge in [-0.3, -0.25) is 0 Å². The predicted octanol–water partition coefficient (Wildman–Crippen LogP) is 1.68. The lowest BCUT2D eigenvalue weighted by Gasteiger charge is -2.35. The third kappa shape index (κ3) is 1.94. The van der Waals surface area contributed by atoms with Gasteiger partial charge in [-0.1, -0.05) is 12.8 Å². The van der Waals surface area contributed by atoms with Crippen LogP contribution in [0.25, 0.3) is 0 Å². The number of aliphatic hydroxyl groups excluding tert-OH is 1. The van der Waals surface area contributed by atoms with Crippen LogP contribution in [-0.2, 0) is 10.1 Å². The van der Waals surface area contributed by atoms with Crippen LogP contribution in [0.15, 0.2) is 22.8 Å². The fourth-order valence-corrected chi connectivity index (χ4v) is 3.40. The zero-order chi connectivity index (χ0) is 11.1. The van der Waals surface area contributed by atoms with Gasteiger partial charge in [0.15, 0.2) is 0 Å². The van der Waals surface area contributed by atoms with Crippen molar-refractivity contribution in [2.45, 2.75) is 25.7 Å². The Morgan fingerprint density at radius 2 is 1.80 bits per heavy atom. The van der Waals surface area contributed by atoms with Gasteiger partial charge in [-0.05, 0) is 25.0 Å². The second-order valence-electron chi connectivity index (χ2n) is 4.11. The SMILES string of the molecule is O=S(=O)([O-])C1=CC=C(O)C2CCCCC12. The lowest BCUT2D eigenvalue weighted by Crippen LogP contribution is -2.28. The van der Waals surface area contributed by atoms with Gasteiger partial charge in [-0.2, -0.15) is 0 Å². The van der Waals surface area contributed by atoms with Gasteiger partial charge in [-0.25, -0.2) is 8.42 Å². The van der Waals surface area contributed by atoms with E-state index in [0.717, 1.165) is 19.3 Å². The molecule has 0 radical (unpaired) electrons. The summed E-state index contributed by atoms with van der Waals surface area (Å²) in [5.41, 5.74) is 0. The first-order valence-corrected chi connectivity index (χ1v) is 6.47. The second-order valence-corrected chi connectivity index (χ2v) is 5.49. The highest BCUT2D eigenvalue weighted by molar-refractivity contribution is 7.89. The molecule has 0 aliphatic heterocycles. The van der Waals surface area contributed by atoms with Crippen LogP contribution in [0.5, 0.6) is 0 Å². The Bertz CT molecular complexity index is 419. The molecule has 0 bridgehead atoms. The molecule has 0 aromatic heterocycles. The minimum Gasteiger partial charge on any atom is -0.744 e. The van der Waals surface area contributed by atoms with Gasteiger partial charge in [0.25, 0.3) is 0 Å². The van der Waals surface area contributed by atoms with Crippen molar-refractivity contribution in [2.24, 2.45) is 11.8 Å². The highest BCUT2D eigenvalue weighted by Crippen LogP contribution is 2.42. The monoisotopic (exact) mass is 229 g/mol. The fraction of sp³-hybridized carbons (Fsp3) is 0.600. The van der Waals surface area contributed by atoms with E-state index in [1.54, 1.807) is 0 Å². The second kappa shape index (κ2) is 3.64. The largest absolute Gasteiger partial charge is 0.744 e. The van der Waals surface area contributed by atoms with Gasteiger partial charge in [0, 0.05) is 16.7 Å². The molecule has 84 valence electrons. The van der Waals surface area contributed by atoms with E-state index in [1.165, 1.54) is 12.2 Å². The van der Waals surface area contributed by atoms with Crippen molar-refractivity contribution in [1.82, 2.24) is 0 Å². The van der Waals surface area contributed by atoms with Gasteiger partial charge in [0.2, 0.25) is 0 Å². The molecule has 1 N–H and O–H groups in total. The molecular formula is C10H13O4S-. The van der Waals surface area contributed by atoms with Crippen molar-refractivity contribution in [3.63, 3.8) is 0 Å². The van der Waals surface area contributed by atoms with Gasteiger partial charge in [0.05, 0.1) is 5.76 Å². The molecule has 2 rings (SSSR count). The smallest absolute Gasteiger partial charge is 0.120 e. The summed E-state index contributed by atoms with van der Waals surface area (Å²) < 4.78 is 33.0. The summed E-state index contributed by atoms with van der Waals surface area (Å²) in [4.78, 5) is -0.0509. The first kappa shape index (κ1) is 10.7. The molecule has 1 fully saturated rings. The molecule has 4 nitrogen and oxygen atoms in total. The molecule has 2 atom stereocenters. The summed E-state index contributed by atoms with van der Waals surface area (Å²) in [6, 6.07) is 0. The average molecular weight is 229 g/mol. The minimum absolute atomic E-state index is 0.0509. The fourth-order valence-electron chi connectivity index (χ4n) is 2.51. The Morgan fingerprint density at radius 1 is 1.20 bits per heavy atom. The standard InChI is InChI=1S/C10H14O4S/c11-9-5-6-10(15(12,13)14)8-4-2-1-3-7(8)9/h5-8,11H,1-4H2,(H,12,13,14)/p-1. The van der Waals surface area contributed by atoms with Crippen molar-refractivity contribution in [1.29, 1.82) is 0 Å². The summed E-state index contributed by atoms with van der Waals surface area (Å²) >= 11 is 0. The van der Waals surface area contributed by atoms with Crippen molar-refractivity contribution in [2.75, 3.05) is 0 Å². The summed E-state index contributed by atoms with van der Waals surface area (Å²) in [7, 11) is -4.36. The van der Waals surface area contributed by atoms with Crippen LogP contribution < -0.4 is 0 Å². The van der Waals surface area contributed by atoms with Crippen LogP contribution >= 0.6 is 0 Å². The number of aliphatic hydroxyl groups is 1. The van der Waals surface area contributed by atoms with Crippen LogP contribution in [0.4, 0.5) is 0 Å². The van der Waals surface area contributed by atoms with E-state index in [9.17, 15) is 18.1 Å². The summed E-state index contributed by atoms with van der Waals surface area (Å²) in [6.07, 6.45) is 5.93. The van der Waals surface area contributed by atoms with Crippen LogP contribution in [0.3, 0.4) is 0 Å². The van der Waals surface area contributed by atoms with Gasteiger partial charge in [0.1, 0.15) is 10.1 Å². The van der Waals surface area contributed by atoms with Crippen molar-refractivity contribution < 1.29 is 18.1 Å². The summed E-state index contributed by atoms with van der Waals surface area (Å²) in [6.45, 7) is 0. The number of fused-ring (bicyclic) bond motifs is 1. The topological polar surface area (TPSA) is 77.4 Å². The van der Waals surface area contributed by atoms with Crippen molar-refractivity contribution in [3.05, 3.63) is 22.8 Å². The molecule has 0 saturated heterocycles. The van der Waals surface area contributed by atoms with Crippen LogP contribution in [-0.4, -0.2) is 18.1 Å². The first-order valence-electron chi connectivity index (χ1n) is 5.07. The molecule has 1 saturated carbocycles. The zero-order valence-electron chi connectivity index (χ0n) is 8.22. The van der Waals surface area contributed by atoms with Crippen LogP contribution in [0.2, 0.25) is 0 Å². The Morgan fingerprint density at radius 3 is 2.40 bits per heavy atom. The maximum atomic E-state index is 11.0. The predicted molar refractivity (Wildman–Crippen MR) is 53.9 cm³/mol. The molecular weight excluding hydrogens is 216 g/mol. The Labute approximate surface area is 89.1 Å². The van der Waals surface area contributed by atoms with Gasteiger partial charge in [-0.15, -0.1) is 0 Å². The highest BCUT2D eigenvalue weighted by Gasteiger charge is 2.35. The van der Waals surface area contributed by atoms with Gasteiger partial charge >= 0.3 is 0 Å². The molecule has 0 spiro atoms. The van der Waals surface area contributed by atoms with Crippen molar-refractivity contribution >= 4 is 10.1 Å². The van der Waals surface area contributed by atoms with Crippen molar-refractivity contribution in [3.8, 4) is 0 Å². The third-order valence-electron chi connectivity index (χ3n) is 3.22. The zero-order valence-corrected chi connectivity index (χ0v) is 9.03. The highest BCUT2D eigenvalue weighted by atomic mass is 32.2. The normalized spacial score (nSPS) is 31.5. The Balaban J connectivity index is 2.40. The van der Waals surface area contributed by atoms with Gasteiger partial charge < -0.3 is 9.66 Å². The third-order valence-corrected chi connectivity index (χ3v) is 4.23. The Kier molecular flexibility index (Phi) is 2.60. The van der Waals surface area contributed by atoms with E-state index in [-0.39, 0.29) is 22.5 Å². The van der Waals surface area contributed by atoms with E-state index in [0.29, 0.717) is 6.42 Å². The molecule has 0 amide bonds. The van der Waals surface area contributed by atoms with E-state index in [2.05, 4.69) is 0 Å². The van der Waals surface area contributed by atoms with E-state index in [4.69, 9.17) is 0 Å². The quantitative estimate of drug-likeness (QED) is 0.694. The minimum atomic E-state index is -4.36.